The van der Waals surface area contributed by atoms with Crippen LogP contribution < -0.4 is 5.32 Å². The number of hydrogen-bond donors (Lipinski definition) is 1. The molecule has 0 radical (unpaired) electrons. The monoisotopic (exact) mass is 371 g/mol. The number of halogens is 1. The number of aromatic nitrogens is 1. The lowest BCUT2D eigenvalue weighted by Gasteiger charge is -2.26. The predicted molar refractivity (Wildman–Crippen MR) is 99.3 cm³/mol. The topological polar surface area (TPSA) is 59.6 Å². The number of carbonyl (C=O) groups is 1. The summed E-state index contributed by atoms with van der Waals surface area (Å²) in [6.45, 7) is 4.96. The largest absolute Gasteiger partial charge is 0.448 e. The lowest BCUT2D eigenvalue weighted by molar-refractivity contribution is 0.0383. The molecule has 7 heteroatoms. The number of nitrogens with zero attached hydrogens (tertiary/aromatic N) is 2. The highest BCUT2D eigenvalue weighted by molar-refractivity contribution is 5.97. The molecule has 2 aromatic heterocycles. The van der Waals surface area contributed by atoms with E-state index in [0.717, 1.165) is 43.8 Å². The van der Waals surface area contributed by atoms with Crippen molar-refractivity contribution in [1.29, 1.82) is 0 Å². The summed E-state index contributed by atoms with van der Waals surface area (Å²) in [7, 11) is 0. The van der Waals surface area contributed by atoms with Crippen molar-refractivity contribution in [2.24, 2.45) is 0 Å². The summed E-state index contributed by atoms with van der Waals surface area (Å²) in [5.41, 5.74) is 1.89. The SMILES string of the molecule is O=C(NCCN1CCOCC1)c1cc2ccoc2n1Cc1cccc(F)c1. The fourth-order valence-electron chi connectivity index (χ4n) is 3.38. The first kappa shape index (κ1) is 17.8. The van der Waals surface area contributed by atoms with Crippen LogP contribution in [0.4, 0.5) is 4.39 Å². The van der Waals surface area contributed by atoms with Crippen LogP contribution >= 0.6 is 0 Å². The van der Waals surface area contributed by atoms with Gasteiger partial charge in [0, 0.05) is 31.6 Å². The van der Waals surface area contributed by atoms with Crippen LogP contribution in [-0.2, 0) is 11.3 Å². The molecule has 6 nitrogen and oxygen atoms in total. The van der Waals surface area contributed by atoms with Crippen LogP contribution in [0.15, 0.2) is 47.1 Å². The zero-order valence-electron chi connectivity index (χ0n) is 15.0. The first-order chi connectivity index (χ1) is 13.2. The van der Waals surface area contributed by atoms with E-state index in [9.17, 15) is 9.18 Å². The number of amides is 1. The molecule has 0 unspecified atom stereocenters. The van der Waals surface area contributed by atoms with Crippen molar-refractivity contribution in [1.82, 2.24) is 14.8 Å². The van der Waals surface area contributed by atoms with Crippen LogP contribution in [0.3, 0.4) is 0 Å². The average Bonchev–Trinajstić information content (AvgIpc) is 3.25. The second-order valence-corrected chi connectivity index (χ2v) is 6.64. The maximum Gasteiger partial charge on any atom is 0.268 e. The van der Waals surface area contributed by atoms with Gasteiger partial charge in [0.15, 0.2) is 0 Å². The molecule has 0 aliphatic carbocycles. The summed E-state index contributed by atoms with van der Waals surface area (Å²) in [4.78, 5) is 15.0. The summed E-state index contributed by atoms with van der Waals surface area (Å²) in [5.74, 6) is -0.460. The Balaban J connectivity index is 1.48. The number of carbonyl (C=O) groups excluding carboxylic acids is 1. The van der Waals surface area contributed by atoms with Crippen LogP contribution in [0.1, 0.15) is 16.1 Å². The Labute approximate surface area is 156 Å². The minimum absolute atomic E-state index is 0.161. The van der Waals surface area contributed by atoms with Crippen LogP contribution in [0.25, 0.3) is 11.1 Å². The van der Waals surface area contributed by atoms with Crippen molar-refractivity contribution >= 4 is 17.0 Å². The van der Waals surface area contributed by atoms with E-state index in [2.05, 4.69) is 10.2 Å². The molecule has 1 aliphatic heterocycles. The number of fused-ring (bicyclic) bond motifs is 1. The minimum Gasteiger partial charge on any atom is -0.448 e. The molecule has 0 bridgehead atoms. The third kappa shape index (κ3) is 4.04. The number of furan rings is 1. The number of rotatable bonds is 6. The van der Waals surface area contributed by atoms with Crippen molar-refractivity contribution in [3.05, 3.63) is 59.7 Å². The highest BCUT2D eigenvalue weighted by Gasteiger charge is 2.18. The van der Waals surface area contributed by atoms with E-state index in [4.69, 9.17) is 9.15 Å². The zero-order valence-corrected chi connectivity index (χ0v) is 15.0. The van der Waals surface area contributed by atoms with Gasteiger partial charge in [-0.3, -0.25) is 9.69 Å². The molecule has 0 saturated carbocycles. The predicted octanol–water partition coefficient (Wildman–Crippen LogP) is 2.48. The van der Waals surface area contributed by atoms with Crippen LogP contribution in [0.2, 0.25) is 0 Å². The smallest absolute Gasteiger partial charge is 0.268 e. The standard InChI is InChI=1S/C20H22FN3O3/c21-17-3-1-2-15(12-17)14-24-18(13-16-4-9-27-20(16)24)19(25)22-5-6-23-7-10-26-11-8-23/h1-4,9,12-13H,5-8,10-11,14H2,(H,22,25). The highest BCUT2D eigenvalue weighted by Crippen LogP contribution is 2.22. The molecule has 1 amide bonds. The highest BCUT2D eigenvalue weighted by atomic mass is 19.1. The molecule has 1 aliphatic rings. The molecule has 1 N–H and O–H groups in total. The molecule has 1 aromatic carbocycles. The first-order valence-corrected chi connectivity index (χ1v) is 9.10. The molecular weight excluding hydrogens is 349 g/mol. The van der Waals surface area contributed by atoms with Gasteiger partial charge in [-0.25, -0.2) is 4.39 Å². The number of hydrogen-bond acceptors (Lipinski definition) is 4. The molecule has 27 heavy (non-hydrogen) atoms. The van der Waals surface area contributed by atoms with Gasteiger partial charge in [-0.2, -0.15) is 0 Å². The summed E-state index contributed by atoms with van der Waals surface area (Å²) < 4.78 is 26.2. The van der Waals surface area contributed by atoms with Gasteiger partial charge in [-0.05, 0) is 29.8 Å². The van der Waals surface area contributed by atoms with E-state index >= 15 is 0 Å². The van der Waals surface area contributed by atoms with Crippen molar-refractivity contribution in [3.8, 4) is 0 Å². The van der Waals surface area contributed by atoms with Crippen LogP contribution in [-0.4, -0.2) is 54.8 Å². The Morgan fingerprint density at radius 1 is 1.19 bits per heavy atom. The van der Waals surface area contributed by atoms with E-state index in [0.29, 0.717) is 24.5 Å². The van der Waals surface area contributed by atoms with Gasteiger partial charge in [0.05, 0.1) is 26.0 Å². The van der Waals surface area contributed by atoms with E-state index < -0.39 is 0 Å². The van der Waals surface area contributed by atoms with E-state index in [-0.39, 0.29) is 11.7 Å². The molecule has 3 heterocycles. The molecule has 0 atom stereocenters. The van der Waals surface area contributed by atoms with Gasteiger partial charge >= 0.3 is 0 Å². The normalized spacial score (nSPS) is 15.3. The van der Waals surface area contributed by atoms with Gasteiger partial charge in [0.25, 0.3) is 5.91 Å². The third-order valence-electron chi connectivity index (χ3n) is 4.78. The van der Waals surface area contributed by atoms with Crippen LogP contribution in [0.5, 0.6) is 0 Å². The number of ether oxygens (including phenoxy) is 1. The first-order valence-electron chi connectivity index (χ1n) is 9.10. The lowest BCUT2D eigenvalue weighted by atomic mass is 10.2. The number of morpholine rings is 1. The fourth-order valence-corrected chi connectivity index (χ4v) is 3.38. The van der Waals surface area contributed by atoms with Crippen molar-refractivity contribution in [3.63, 3.8) is 0 Å². The van der Waals surface area contributed by atoms with Gasteiger partial charge in [0.2, 0.25) is 5.71 Å². The maximum absolute atomic E-state index is 13.5. The van der Waals surface area contributed by atoms with Crippen molar-refractivity contribution in [2.75, 3.05) is 39.4 Å². The Morgan fingerprint density at radius 3 is 2.85 bits per heavy atom. The quantitative estimate of drug-likeness (QED) is 0.723. The molecule has 142 valence electrons. The van der Waals surface area contributed by atoms with E-state index in [1.54, 1.807) is 16.9 Å². The maximum atomic E-state index is 13.5. The van der Waals surface area contributed by atoms with Crippen molar-refractivity contribution < 1.29 is 18.3 Å². The summed E-state index contributed by atoms with van der Waals surface area (Å²) >= 11 is 0. The van der Waals surface area contributed by atoms with E-state index in [1.807, 2.05) is 18.2 Å². The summed E-state index contributed by atoms with van der Waals surface area (Å²) in [6.07, 6.45) is 1.59. The van der Waals surface area contributed by atoms with E-state index in [1.165, 1.54) is 12.1 Å². The molecular formula is C20H22FN3O3. The average molecular weight is 371 g/mol. The Morgan fingerprint density at radius 2 is 2.04 bits per heavy atom. The molecule has 1 fully saturated rings. The van der Waals surface area contributed by atoms with Crippen molar-refractivity contribution in [2.45, 2.75) is 6.54 Å². The molecule has 1 saturated heterocycles. The Bertz CT molecular complexity index is 928. The minimum atomic E-state index is -0.299. The summed E-state index contributed by atoms with van der Waals surface area (Å²) in [5, 5.41) is 3.83. The molecule has 3 aromatic rings. The third-order valence-corrected chi connectivity index (χ3v) is 4.78. The van der Waals surface area contributed by atoms with Gasteiger partial charge in [-0.1, -0.05) is 12.1 Å². The number of benzene rings is 1. The fraction of sp³-hybridized carbons (Fsp3) is 0.350. The Kier molecular flexibility index (Phi) is 5.22. The van der Waals surface area contributed by atoms with Crippen LogP contribution in [0, 0.1) is 5.82 Å². The van der Waals surface area contributed by atoms with Gasteiger partial charge < -0.3 is 19.0 Å². The lowest BCUT2D eigenvalue weighted by Crippen LogP contribution is -2.41. The number of nitrogens with one attached hydrogen (secondary N) is 1. The second-order valence-electron chi connectivity index (χ2n) is 6.64. The van der Waals surface area contributed by atoms with Gasteiger partial charge in [0.1, 0.15) is 11.5 Å². The Hall–Kier alpha value is -2.64. The molecule has 4 rings (SSSR count). The summed E-state index contributed by atoms with van der Waals surface area (Å²) in [6, 6.07) is 9.99. The second kappa shape index (κ2) is 7.94. The molecule has 0 spiro atoms. The zero-order chi connectivity index (χ0) is 18.6. The van der Waals surface area contributed by atoms with Gasteiger partial charge in [-0.15, -0.1) is 0 Å².